The summed E-state index contributed by atoms with van der Waals surface area (Å²) in [5, 5.41) is 0.766. The maximum Gasteiger partial charge on any atom is 0.0449 e. The van der Waals surface area contributed by atoms with Crippen LogP contribution in [-0.2, 0) is 12.8 Å². The average molecular weight is 340 g/mol. The molecule has 0 fully saturated rings. The number of hydrogen-bond acceptors (Lipinski definition) is 2. The fourth-order valence-electron chi connectivity index (χ4n) is 1.95. The molecule has 0 bridgehead atoms. The number of hydrogen-bond donors (Lipinski definition) is 1. The predicted molar refractivity (Wildman–Crippen MR) is 83.4 cm³/mol. The van der Waals surface area contributed by atoms with E-state index in [1.54, 1.807) is 0 Å². The van der Waals surface area contributed by atoms with Gasteiger partial charge in [0.25, 0.3) is 0 Å². The molecule has 0 radical (unpaired) electrons. The van der Waals surface area contributed by atoms with Gasteiger partial charge in [-0.2, -0.15) is 0 Å². The van der Waals surface area contributed by atoms with Gasteiger partial charge in [-0.1, -0.05) is 39.7 Å². The number of benzene rings is 1. The molecule has 0 spiro atoms. The van der Waals surface area contributed by atoms with E-state index in [4.69, 9.17) is 17.3 Å². The SMILES string of the molecule is NC(CCc1ccccn1)Cc1ccc(Br)cc1Cl. The molecule has 1 heterocycles. The minimum atomic E-state index is 0.0979. The first-order valence-corrected chi connectivity index (χ1v) is 7.41. The summed E-state index contributed by atoms with van der Waals surface area (Å²) in [6.45, 7) is 0. The van der Waals surface area contributed by atoms with Crippen LogP contribution in [0.15, 0.2) is 47.1 Å². The molecule has 1 aromatic heterocycles. The van der Waals surface area contributed by atoms with Crippen LogP contribution >= 0.6 is 27.5 Å². The van der Waals surface area contributed by atoms with Crippen molar-refractivity contribution in [2.45, 2.75) is 25.3 Å². The molecule has 1 aromatic carbocycles. The number of pyridine rings is 1. The van der Waals surface area contributed by atoms with Crippen LogP contribution in [0, 0.1) is 0 Å². The Labute approximate surface area is 127 Å². The van der Waals surface area contributed by atoms with Crippen molar-refractivity contribution in [3.05, 3.63) is 63.3 Å². The smallest absolute Gasteiger partial charge is 0.0449 e. The monoisotopic (exact) mass is 338 g/mol. The van der Waals surface area contributed by atoms with Gasteiger partial charge >= 0.3 is 0 Å². The van der Waals surface area contributed by atoms with Crippen molar-refractivity contribution >= 4 is 27.5 Å². The lowest BCUT2D eigenvalue weighted by Gasteiger charge is -2.12. The second-order valence-electron chi connectivity index (χ2n) is 4.56. The molecule has 0 saturated carbocycles. The molecule has 4 heteroatoms. The molecular formula is C15H16BrClN2. The van der Waals surface area contributed by atoms with Crippen molar-refractivity contribution in [1.29, 1.82) is 0 Å². The third-order valence-corrected chi connectivity index (χ3v) is 3.84. The maximum absolute atomic E-state index is 6.19. The van der Waals surface area contributed by atoms with Gasteiger partial charge in [-0.3, -0.25) is 4.98 Å². The third kappa shape index (κ3) is 4.60. The van der Waals surface area contributed by atoms with E-state index in [9.17, 15) is 0 Å². The van der Waals surface area contributed by atoms with E-state index < -0.39 is 0 Å². The van der Waals surface area contributed by atoms with Gasteiger partial charge in [0.05, 0.1) is 0 Å². The largest absolute Gasteiger partial charge is 0.327 e. The van der Waals surface area contributed by atoms with Crippen molar-refractivity contribution in [1.82, 2.24) is 4.98 Å². The highest BCUT2D eigenvalue weighted by Gasteiger charge is 2.08. The first-order chi connectivity index (χ1) is 9.15. The van der Waals surface area contributed by atoms with Crippen LogP contribution in [0.25, 0.3) is 0 Å². The van der Waals surface area contributed by atoms with Gasteiger partial charge in [-0.05, 0) is 49.1 Å². The molecule has 2 aromatic rings. The molecular weight excluding hydrogens is 324 g/mol. The first kappa shape index (κ1) is 14.5. The fourth-order valence-corrected chi connectivity index (χ4v) is 2.70. The highest BCUT2D eigenvalue weighted by molar-refractivity contribution is 9.10. The lowest BCUT2D eigenvalue weighted by Crippen LogP contribution is -2.23. The minimum absolute atomic E-state index is 0.0979. The van der Waals surface area contributed by atoms with E-state index in [0.29, 0.717) is 0 Å². The summed E-state index contributed by atoms with van der Waals surface area (Å²) in [4.78, 5) is 4.30. The Kier molecular flexibility index (Phi) is 5.37. The molecule has 100 valence electrons. The van der Waals surface area contributed by atoms with Gasteiger partial charge in [0.1, 0.15) is 0 Å². The van der Waals surface area contributed by atoms with Crippen LogP contribution in [0.3, 0.4) is 0 Å². The number of nitrogens with two attached hydrogens (primary N) is 1. The summed E-state index contributed by atoms with van der Waals surface area (Å²) in [6, 6.07) is 12.0. The van der Waals surface area contributed by atoms with E-state index in [1.807, 2.05) is 42.6 Å². The topological polar surface area (TPSA) is 38.9 Å². The quantitative estimate of drug-likeness (QED) is 0.894. The summed E-state index contributed by atoms with van der Waals surface area (Å²) in [7, 11) is 0. The third-order valence-electron chi connectivity index (χ3n) is 2.99. The summed E-state index contributed by atoms with van der Waals surface area (Å²) in [5.74, 6) is 0. The first-order valence-electron chi connectivity index (χ1n) is 6.24. The molecule has 2 nitrogen and oxygen atoms in total. The van der Waals surface area contributed by atoms with E-state index >= 15 is 0 Å². The lowest BCUT2D eigenvalue weighted by molar-refractivity contribution is 0.605. The lowest BCUT2D eigenvalue weighted by atomic mass is 10.0. The summed E-state index contributed by atoms with van der Waals surface area (Å²) in [6.07, 6.45) is 4.41. The minimum Gasteiger partial charge on any atom is -0.327 e. The van der Waals surface area contributed by atoms with Crippen molar-refractivity contribution in [2.75, 3.05) is 0 Å². The van der Waals surface area contributed by atoms with E-state index in [1.165, 1.54) is 0 Å². The van der Waals surface area contributed by atoms with Gasteiger partial charge < -0.3 is 5.73 Å². The van der Waals surface area contributed by atoms with Crippen molar-refractivity contribution in [2.24, 2.45) is 5.73 Å². The van der Waals surface area contributed by atoms with Crippen LogP contribution in [0.1, 0.15) is 17.7 Å². The van der Waals surface area contributed by atoms with Crippen LogP contribution < -0.4 is 5.73 Å². The second-order valence-corrected chi connectivity index (χ2v) is 5.88. The van der Waals surface area contributed by atoms with Gasteiger partial charge in [0.2, 0.25) is 0 Å². The number of halogens is 2. The zero-order valence-electron chi connectivity index (χ0n) is 10.5. The van der Waals surface area contributed by atoms with Gasteiger partial charge in [0, 0.05) is 27.4 Å². The standard InChI is InChI=1S/C15H16BrClN2/c16-12-5-4-11(15(17)10-12)9-13(18)6-7-14-3-1-2-8-19-14/h1-5,8,10,13H,6-7,9,18H2. The Balaban J connectivity index is 1.89. The van der Waals surface area contributed by atoms with Crippen LogP contribution in [0.2, 0.25) is 5.02 Å². The van der Waals surface area contributed by atoms with E-state index in [-0.39, 0.29) is 6.04 Å². The summed E-state index contributed by atoms with van der Waals surface area (Å²) < 4.78 is 0.989. The molecule has 2 N–H and O–H groups in total. The molecule has 0 amide bonds. The normalized spacial score (nSPS) is 12.4. The zero-order valence-corrected chi connectivity index (χ0v) is 12.9. The molecule has 0 aliphatic rings. The Bertz CT molecular complexity index is 531. The van der Waals surface area contributed by atoms with Crippen LogP contribution in [-0.4, -0.2) is 11.0 Å². The number of aryl methyl sites for hydroxylation is 1. The average Bonchev–Trinajstić information content (AvgIpc) is 2.41. The molecule has 0 aliphatic heterocycles. The highest BCUT2D eigenvalue weighted by atomic mass is 79.9. The molecule has 0 saturated heterocycles. The van der Waals surface area contributed by atoms with Gasteiger partial charge in [-0.15, -0.1) is 0 Å². The van der Waals surface area contributed by atoms with E-state index in [0.717, 1.165) is 40.0 Å². The Morgan fingerprint density at radius 3 is 2.79 bits per heavy atom. The van der Waals surface area contributed by atoms with Crippen LogP contribution in [0.5, 0.6) is 0 Å². The van der Waals surface area contributed by atoms with Crippen molar-refractivity contribution in [3.8, 4) is 0 Å². The Morgan fingerprint density at radius 2 is 2.11 bits per heavy atom. The molecule has 0 aliphatic carbocycles. The maximum atomic E-state index is 6.19. The number of rotatable bonds is 5. The summed E-state index contributed by atoms with van der Waals surface area (Å²) in [5.41, 5.74) is 8.34. The van der Waals surface area contributed by atoms with Gasteiger partial charge in [-0.25, -0.2) is 0 Å². The Hall–Kier alpha value is -0.900. The van der Waals surface area contributed by atoms with Gasteiger partial charge in [0.15, 0.2) is 0 Å². The highest BCUT2D eigenvalue weighted by Crippen LogP contribution is 2.22. The second kappa shape index (κ2) is 7.04. The Morgan fingerprint density at radius 1 is 1.26 bits per heavy atom. The molecule has 1 atom stereocenters. The predicted octanol–water partition coefficient (Wildman–Crippen LogP) is 4.00. The molecule has 19 heavy (non-hydrogen) atoms. The number of aromatic nitrogens is 1. The molecule has 1 unspecified atom stereocenters. The fraction of sp³-hybridized carbons (Fsp3) is 0.267. The number of nitrogens with zero attached hydrogens (tertiary/aromatic N) is 1. The van der Waals surface area contributed by atoms with Crippen molar-refractivity contribution in [3.63, 3.8) is 0 Å². The zero-order chi connectivity index (χ0) is 13.7. The van der Waals surface area contributed by atoms with Crippen LogP contribution in [0.4, 0.5) is 0 Å². The summed E-state index contributed by atoms with van der Waals surface area (Å²) >= 11 is 9.59. The molecule has 2 rings (SSSR count). The van der Waals surface area contributed by atoms with Crippen molar-refractivity contribution < 1.29 is 0 Å². The van der Waals surface area contributed by atoms with E-state index in [2.05, 4.69) is 20.9 Å².